The van der Waals surface area contributed by atoms with Gasteiger partial charge in [-0.15, -0.1) is 0 Å². The largest absolute Gasteiger partial charge is 0.320 e. The molecule has 104 valence electrons. The van der Waals surface area contributed by atoms with Crippen molar-refractivity contribution in [2.24, 2.45) is 0 Å². The highest BCUT2D eigenvalue weighted by Crippen LogP contribution is 2.18. The first-order chi connectivity index (χ1) is 9.65. The van der Waals surface area contributed by atoms with Crippen LogP contribution < -0.4 is 10.6 Å². The van der Waals surface area contributed by atoms with Gasteiger partial charge in [-0.05, 0) is 24.6 Å². The van der Waals surface area contributed by atoms with E-state index in [-0.39, 0.29) is 11.7 Å². The van der Waals surface area contributed by atoms with Crippen LogP contribution in [0, 0.1) is 12.7 Å². The van der Waals surface area contributed by atoms with Crippen LogP contribution in [0.15, 0.2) is 18.2 Å². The maximum Gasteiger partial charge on any atom is 0.276 e. The van der Waals surface area contributed by atoms with E-state index in [0.717, 1.165) is 24.2 Å². The number of halogens is 1. The number of carbonyl (C=O) groups excluding carboxylic acids is 1. The van der Waals surface area contributed by atoms with Crippen LogP contribution in [0.2, 0.25) is 0 Å². The van der Waals surface area contributed by atoms with Crippen molar-refractivity contribution in [3.63, 3.8) is 0 Å². The molecule has 0 radical (unpaired) electrons. The minimum absolute atomic E-state index is 0.325. The number of aromatic nitrogens is 2. The van der Waals surface area contributed by atoms with E-state index >= 15 is 0 Å². The molecular weight excluding hydrogens is 259 g/mol. The summed E-state index contributed by atoms with van der Waals surface area (Å²) in [5.41, 5.74) is 3.22. The molecule has 1 amide bonds. The third-order valence-electron chi connectivity index (χ3n) is 3.45. The van der Waals surface area contributed by atoms with Crippen LogP contribution >= 0.6 is 0 Å². The van der Waals surface area contributed by atoms with Gasteiger partial charge in [0.15, 0.2) is 5.69 Å². The first-order valence-electron chi connectivity index (χ1n) is 6.49. The number of anilines is 1. The van der Waals surface area contributed by atoms with Crippen molar-refractivity contribution in [2.75, 3.05) is 11.9 Å². The van der Waals surface area contributed by atoms with Crippen molar-refractivity contribution < 1.29 is 9.18 Å². The quantitative estimate of drug-likeness (QED) is 0.781. The number of H-pyrrole nitrogens is 1. The summed E-state index contributed by atoms with van der Waals surface area (Å²) in [6.07, 6.45) is 0.828. The van der Waals surface area contributed by atoms with Gasteiger partial charge in [0.05, 0.1) is 0 Å². The van der Waals surface area contributed by atoms with Gasteiger partial charge < -0.3 is 10.6 Å². The third-order valence-corrected chi connectivity index (χ3v) is 3.45. The molecule has 20 heavy (non-hydrogen) atoms. The SMILES string of the molecule is Cc1ccc(NC(=O)c2n[nH]c3c2CNCC3)cc1F. The van der Waals surface area contributed by atoms with E-state index in [1.807, 2.05) is 0 Å². The number of benzene rings is 1. The first kappa shape index (κ1) is 12.8. The van der Waals surface area contributed by atoms with E-state index in [2.05, 4.69) is 20.8 Å². The van der Waals surface area contributed by atoms with Crippen molar-refractivity contribution >= 4 is 11.6 Å². The standard InChI is InChI=1S/C14H15FN4O/c1-8-2-3-9(6-11(8)15)17-14(20)13-10-7-16-5-4-12(10)18-19-13/h2-3,6,16H,4-5,7H2,1H3,(H,17,20)(H,18,19). The molecule has 2 heterocycles. The Kier molecular flexibility index (Phi) is 3.23. The number of rotatable bonds is 2. The average molecular weight is 274 g/mol. The molecule has 0 atom stereocenters. The highest BCUT2D eigenvalue weighted by atomic mass is 19.1. The van der Waals surface area contributed by atoms with Gasteiger partial charge in [-0.1, -0.05) is 6.07 Å². The second-order valence-corrected chi connectivity index (χ2v) is 4.87. The summed E-state index contributed by atoms with van der Waals surface area (Å²) in [6.45, 7) is 3.17. The van der Waals surface area contributed by atoms with Crippen LogP contribution in [0.1, 0.15) is 27.3 Å². The highest BCUT2D eigenvalue weighted by Gasteiger charge is 2.21. The molecule has 0 saturated heterocycles. The summed E-state index contributed by atoms with van der Waals surface area (Å²) in [5.74, 6) is -0.664. The van der Waals surface area contributed by atoms with Gasteiger partial charge in [-0.2, -0.15) is 5.10 Å². The average Bonchev–Trinajstić information content (AvgIpc) is 2.87. The summed E-state index contributed by atoms with van der Waals surface area (Å²) in [5, 5.41) is 12.8. The topological polar surface area (TPSA) is 69.8 Å². The lowest BCUT2D eigenvalue weighted by Gasteiger charge is -2.13. The lowest BCUT2D eigenvalue weighted by atomic mass is 10.1. The summed E-state index contributed by atoms with van der Waals surface area (Å²) in [6, 6.07) is 4.62. The zero-order valence-corrected chi connectivity index (χ0v) is 11.1. The van der Waals surface area contributed by atoms with E-state index < -0.39 is 0 Å². The second-order valence-electron chi connectivity index (χ2n) is 4.87. The van der Waals surface area contributed by atoms with Crippen LogP contribution in [0.5, 0.6) is 0 Å². The highest BCUT2D eigenvalue weighted by molar-refractivity contribution is 6.04. The third kappa shape index (κ3) is 2.30. The molecule has 0 spiro atoms. The lowest BCUT2D eigenvalue weighted by molar-refractivity contribution is 0.102. The Morgan fingerprint density at radius 2 is 2.30 bits per heavy atom. The minimum atomic E-state index is -0.339. The Hall–Kier alpha value is -2.21. The smallest absolute Gasteiger partial charge is 0.276 e. The molecule has 0 saturated carbocycles. The van der Waals surface area contributed by atoms with Crippen LogP contribution in [0.4, 0.5) is 10.1 Å². The van der Waals surface area contributed by atoms with E-state index in [4.69, 9.17) is 0 Å². The summed E-state index contributed by atoms with van der Waals surface area (Å²) < 4.78 is 13.5. The second kappa shape index (κ2) is 5.05. The molecule has 0 unspecified atom stereocenters. The zero-order chi connectivity index (χ0) is 14.1. The van der Waals surface area contributed by atoms with Crippen molar-refractivity contribution in [3.05, 3.63) is 46.5 Å². The molecule has 1 aliphatic heterocycles. The predicted octanol–water partition coefficient (Wildman–Crippen LogP) is 1.76. The molecule has 0 aliphatic carbocycles. The number of aryl methyl sites for hydroxylation is 1. The van der Waals surface area contributed by atoms with Crippen molar-refractivity contribution in [1.29, 1.82) is 0 Å². The Bertz CT molecular complexity index is 665. The molecular formula is C14H15FN4O. The fraction of sp³-hybridized carbons (Fsp3) is 0.286. The number of carbonyl (C=O) groups is 1. The first-order valence-corrected chi connectivity index (χ1v) is 6.49. The number of aromatic amines is 1. The Morgan fingerprint density at radius 3 is 3.10 bits per heavy atom. The number of nitrogens with zero attached hydrogens (tertiary/aromatic N) is 1. The van der Waals surface area contributed by atoms with Gasteiger partial charge in [0.1, 0.15) is 5.82 Å². The van der Waals surface area contributed by atoms with Crippen LogP contribution in [-0.2, 0) is 13.0 Å². The van der Waals surface area contributed by atoms with Crippen molar-refractivity contribution in [1.82, 2.24) is 15.5 Å². The molecule has 3 N–H and O–H groups in total. The Labute approximate surface area is 115 Å². The number of hydrogen-bond donors (Lipinski definition) is 3. The monoisotopic (exact) mass is 274 g/mol. The van der Waals surface area contributed by atoms with Gasteiger partial charge in [0.25, 0.3) is 5.91 Å². The van der Waals surface area contributed by atoms with Gasteiger partial charge >= 0.3 is 0 Å². The predicted molar refractivity (Wildman–Crippen MR) is 73.1 cm³/mol. The fourth-order valence-electron chi connectivity index (χ4n) is 2.27. The maximum absolute atomic E-state index is 13.5. The number of amides is 1. The van der Waals surface area contributed by atoms with Gasteiger partial charge in [0.2, 0.25) is 0 Å². The Morgan fingerprint density at radius 1 is 1.45 bits per heavy atom. The van der Waals surface area contributed by atoms with Gasteiger partial charge in [0, 0.05) is 36.5 Å². The minimum Gasteiger partial charge on any atom is -0.320 e. The lowest BCUT2D eigenvalue weighted by Crippen LogP contribution is -2.25. The summed E-state index contributed by atoms with van der Waals surface area (Å²) in [7, 11) is 0. The maximum atomic E-state index is 13.5. The normalized spacial score (nSPS) is 13.9. The van der Waals surface area contributed by atoms with Crippen LogP contribution in [-0.4, -0.2) is 22.6 Å². The van der Waals surface area contributed by atoms with Gasteiger partial charge in [-0.25, -0.2) is 4.39 Å². The van der Waals surface area contributed by atoms with E-state index in [1.165, 1.54) is 6.07 Å². The van der Waals surface area contributed by atoms with Crippen LogP contribution in [0.3, 0.4) is 0 Å². The molecule has 1 aliphatic rings. The molecule has 6 heteroatoms. The fourth-order valence-corrected chi connectivity index (χ4v) is 2.27. The molecule has 0 bridgehead atoms. The summed E-state index contributed by atoms with van der Waals surface area (Å²) >= 11 is 0. The molecule has 1 aromatic carbocycles. The number of hydrogen-bond acceptors (Lipinski definition) is 3. The molecule has 3 rings (SSSR count). The van der Waals surface area contributed by atoms with E-state index in [9.17, 15) is 9.18 Å². The Balaban J connectivity index is 1.82. The summed E-state index contributed by atoms with van der Waals surface area (Å²) in [4.78, 5) is 12.2. The number of fused-ring (bicyclic) bond motifs is 1. The number of nitrogens with one attached hydrogen (secondary N) is 3. The molecule has 2 aromatic rings. The van der Waals surface area contributed by atoms with Crippen LogP contribution in [0.25, 0.3) is 0 Å². The molecule has 0 fully saturated rings. The van der Waals surface area contributed by atoms with E-state index in [1.54, 1.807) is 19.1 Å². The zero-order valence-electron chi connectivity index (χ0n) is 11.1. The van der Waals surface area contributed by atoms with Gasteiger partial charge in [-0.3, -0.25) is 9.89 Å². The molecule has 1 aromatic heterocycles. The van der Waals surface area contributed by atoms with E-state index in [0.29, 0.717) is 23.5 Å². The van der Waals surface area contributed by atoms with Crippen molar-refractivity contribution in [2.45, 2.75) is 19.9 Å². The molecule has 5 nitrogen and oxygen atoms in total. The van der Waals surface area contributed by atoms with Crippen molar-refractivity contribution in [3.8, 4) is 0 Å².